The minimum Gasteiger partial charge on any atom is -0.493 e. The van der Waals surface area contributed by atoms with Crippen LogP contribution in [0.2, 0.25) is 0 Å². The van der Waals surface area contributed by atoms with Gasteiger partial charge in [0.25, 0.3) is 0 Å². The van der Waals surface area contributed by atoms with Gasteiger partial charge in [-0.1, -0.05) is 20.8 Å². The Labute approximate surface area is 163 Å². The summed E-state index contributed by atoms with van der Waals surface area (Å²) in [6.45, 7) is 11.6. The Morgan fingerprint density at radius 3 is 2.42 bits per heavy atom. The van der Waals surface area contributed by atoms with E-state index in [0.717, 1.165) is 42.7 Å². The van der Waals surface area contributed by atoms with Crippen LogP contribution >= 0.6 is 12.2 Å². The third kappa shape index (κ3) is 4.41. The van der Waals surface area contributed by atoms with Gasteiger partial charge in [-0.3, -0.25) is 4.90 Å². The first kappa shape index (κ1) is 20.8. The molecule has 1 aromatic carbocycles. The highest BCUT2D eigenvalue weighted by atomic mass is 32.1. The number of nitrogens with one attached hydrogen (secondary N) is 2. The highest BCUT2D eigenvalue weighted by molar-refractivity contribution is 7.80. The van der Waals surface area contributed by atoms with Gasteiger partial charge in [0.05, 0.1) is 26.3 Å². The molecule has 0 spiro atoms. The molecule has 1 aliphatic heterocycles. The summed E-state index contributed by atoms with van der Waals surface area (Å²) in [5.41, 5.74) is 2.64. The number of hydrogen-bond acceptors (Lipinski definition) is 4. The molecule has 1 aromatic rings. The molecule has 0 radical (unpaired) electrons. The van der Waals surface area contributed by atoms with E-state index >= 15 is 0 Å². The number of likely N-dealkylation sites (N-methyl/N-ethyl adjacent to an activating group) is 1. The zero-order valence-electron chi connectivity index (χ0n) is 16.9. The first-order valence-corrected chi connectivity index (χ1v) is 9.90. The molecule has 5 nitrogen and oxygen atoms in total. The van der Waals surface area contributed by atoms with E-state index in [0.29, 0.717) is 5.92 Å². The quantitative estimate of drug-likeness (QED) is 0.710. The average Bonchev–Trinajstić information content (AvgIpc) is 2.64. The van der Waals surface area contributed by atoms with Crippen molar-refractivity contribution in [3.63, 3.8) is 0 Å². The SMILES string of the molecule is CCNC(=S)N[C@@H](C(C)C)[C@@H]1c2cc(OC)c(OC)cc2CCN1CC. The van der Waals surface area contributed by atoms with Crippen LogP contribution in [0.4, 0.5) is 0 Å². The Balaban J connectivity index is 2.48. The van der Waals surface area contributed by atoms with Gasteiger partial charge in [0.2, 0.25) is 0 Å². The lowest BCUT2D eigenvalue weighted by Crippen LogP contribution is -2.53. The van der Waals surface area contributed by atoms with Crippen LogP contribution in [0.5, 0.6) is 11.5 Å². The average molecular weight is 380 g/mol. The normalized spacial score (nSPS) is 18.2. The highest BCUT2D eigenvalue weighted by Gasteiger charge is 2.36. The minimum atomic E-state index is 0.207. The first-order chi connectivity index (χ1) is 12.5. The smallest absolute Gasteiger partial charge is 0.166 e. The maximum absolute atomic E-state index is 5.58. The van der Waals surface area contributed by atoms with Gasteiger partial charge >= 0.3 is 0 Å². The molecule has 2 atom stereocenters. The van der Waals surface area contributed by atoms with Gasteiger partial charge in [-0.15, -0.1) is 0 Å². The Hall–Kier alpha value is -1.53. The second-order valence-corrected chi connectivity index (χ2v) is 7.41. The van der Waals surface area contributed by atoms with Gasteiger partial charge in [0, 0.05) is 13.1 Å². The van der Waals surface area contributed by atoms with E-state index in [-0.39, 0.29) is 12.1 Å². The second-order valence-electron chi connectivity index (χ2n) is 7.00. The van der Waals surface area contributed by atoms with Crippen molar-refractivity contribution >= 4 is 17.3 Å². The van der Waals surface area contributed by atoms with E-state index in [1.165, 1.54) is 11.1 Å². The van der Waals surface area contributed by atoms with Crippen molar-refractivity contribution in [2.24, 2.45) is 5.92 Å². The minimum absolute atomic E-state index is 0.207. The predicted molar refractivity (Wildman–Crippen MR) is 111 cm³/mol. The maximum Gasteiger partial charge on any atom is 0.166 e. The van der Waals surface area contributed by atoms with Crippen LogP contribution in [0, 0.1) is 5.92 Å². The standard InChI is InChI=1S/C20H33N3O2S/c1-7-21-20(26)22-18(13(3)4)19-15-12-17(25-6)16(24-5)11-14(15)9-10-23(19)8-2/h11-13,18-19H,7-10H2,1-6H3,(H2,21,22,26)/t18-,19-/m0/s1. The lowest BCUT2D eigenvalue weighted by Gasteiger charge is -2.43. The van der Waals surface area contributed by atoms with Crippen LogP contribution in [0.3, 0.4) is 0 Å². The largest absolute Gasteiger partial charge is 0.493 e. The van der Waals surface area contributed by atoms with E-state index in [4.69, 9.17) is 21.7 Å². The molecule has 6 heteroatoms. The number of thiocarbonyl (C=S) groups is 1. The molecule has 26 heavy (non-hydrogen) atoms. The summed E-state index contributed by atoms with van der Waals surface area (Å²) in [5, 5.41) is 7.51. The van der Waals surface area contributed by atoms with Crippen molar-refractivity contribution in [2.45, 2.75) is 46.2 Å². The Kier molecular flexibility index (Phi) is 7.53. The van der Waals surface area contributed by atoms with Gasteiger partial charge in [-0.2, -0.15) is 0 Å². The number of nitrogens with zero attached hydrogens (tertiary/aromatic N) is 1. The van der Waals surface area contributed by atoms with Crippen LogP contribution in [-0.2, 0) is 6.42 Å². The summed E-state index contributed by atoms with van der Waals surface area (Å²) >= 11 is 5.49. The van der Waals surface area contributed by atoms with Crippen molar-refractivity contribution in [1.82, 2.24) is 15.5 Å². The van der Waals surface area contributed by atoms with E-state index in [9.17, 15) is 0 Å². The van der Waals surface area contributed by atoms with Gasteiger partial charge < -0.3 is 20.1 Å². The summed E-state index contributed by atoms with van der Waals surface area (Å²) in [7, 11) is 3.38. The number of ether oxygens (including phenoxy) is 2. The summed E-state index contributed by atoms with van der Waals surface area (Å²) in [6.07, 6.45) is 1.02. The molecule has 0 aromatic heterocycles. The van der Waals surface area contributed by atoms with Gasteiger partial charge in [-0.05, 0) is 61.3 Å². The van der Waals surface area contributed by atoms with Gasteiger partial charge in [-0.25, -0.2) is 0 Å². The summed E-state index contributed by atoms with van der Waals surface area (Å²) in [6, 6.07) is 4.72. The highest BCUT2D eigenvalue weighted by Crippen LogP contribution is 2.40. The molecule has 2 N–H and O–H groups in total. The fourth-order valence-corrected chi connectivity index (χ4v) is 4.06. The van der Waals surface area contributed by atoms with Crippen molar-refractivity contribution in [3.05, 3.63) is 23.3 Å². The zero-order valence-corrected chi connectivity index (χ0v) is 17.7. The molecule has 0 fully saturated rings. The summed E-state index contributed by atoms with van der Waals surface area (Å²) < 4.78 is 11.1. The molecule has 0 amide bonds. The maximum atomic E-state index is 5.58. The molecular weight excluding hydrogens is 346 g/mol. The molecule has 1 aliphatic rings. The van der Waals surface area contributed by atoms with Crippen LogP contribution in [0.15, 0.2) is 12.1 Å². The van der Waals surface area contributed by atoms with Gasteiger partial charge in [0.1, 0.15) is 0 Å². The number of benzene rings is 1. The third-order valence-electron chi connectivity index (χ3n) is 5.13. The molecule has 146 valence electrons. The summed E-state index contributed by atoms with van der Waals surface area (Å²) in [4.78, 5) is 2.53. The number of fused-ring (bicyclic) bond motifs is 1. The van der Waals surface area contributed by atoms with E-state index < -0.39 is 0 Å². The fourth-order valence-electron chi connectivity index (χ4n) is 3.78. The monoisotopic (exact) mass is 379 g/mol. The van der Waals surface area contributed by atoms with Gasteiger partial charge in [0.15, 0.2) is 16.6 Å². The topological polar surface area (TPSA) is 45.8 Å². The second kappa shape index (κ2) is 9.42. The molecule has 2 rings (SSSR count). The molecule has 0 bridgehead atoms. The Bertz CT molecular complexity index is 621. The van der Waals surface area contributed by atoms with Crippen molar-refractivity contribution < 1.29 is 9.47 Å². The molecule has 0 unspecified atom stereocenters. The predicted octanol–water partition coefficient (Wildman–Crippen LogP) is 3.13. The summed E-state index contributed by atoms with van der Waals surface area (Å²) in [5.74, 6) is 2.00. The lowest BCUT2D eigenvalue weighted by atomic mass is 9.83. The number of methoxy groups -OCH3 is 2. The molecule has 0 saturated heterocycles. The molecule has 1 heterocycles. The number of hydrogen-bond donors (Lipinski definition) is 2. The van der Waals surface area contributed by atoms with Crippen LogP contribution in [0.25, 0.3) is 0 Å². The lowest BCUT2D eigenvalue weighted by molar-refractivity contribution is 0.140. The fraction of sp³-hybridized carbons (Fsp3) is 0.650. The first-order valence-electron chi connectivity index (χ1n) is 9.49. The zero-order chi connectivity index (χ0) is 19.3. The molecular formula is C20H33N3O2S. The van der Waals surface area contributed by atoms with Crippen molar-refractivity contribution in [1.29, 1.82) is 0 Å². The van der Waals surface area contributed by atoms with Crippen LogP contribution in [-0.4, -0.2) is 49.9 Å². The molecule has 0 saturated carbocycles. The van der Waals surface area contributed by atoms with Crippen LogP contribution < -0.4 is 20.1 Å². The van der Waals surface area contributed by atoms with Crippen LogP contribution in [0.1, 0.15) is 44.9 Å². The van der Waals surface area contributed by atoms with Crippen molar-refractivity contribution in [2.75, 3.05) is 33.9 Å². The van der Waals surface area contributed by atoms with E-state index in [2.05, 4.69) is 55.4 Å². The Morgan fingerprint density at radius 1 is 1.23 bits per heavy atom. The van der Waals surface area contributed by atoms with E-state index in [1.807, 2.05) is 0 Å². The molecule has 0 aliphatic carbocycles. The van der Waals surface area contributed by atoms with E-state index in [1.54, 1.807) is 14.2 Å². The Morgan fingerprint density at radius 2 is 1.88 bits per heavy atom. The third-order valence-corrected chi connectivity index (χ3v) is 5.39. The number of rotatable bonds is 7. The van der Waals surface area contributed by atoms with Crippen molar-refractivity contribution in [3.8, 4) is 11.5 Å².